The van der Waals surface area contributed by atoms with Crippen LogP contribution in [-0.4, -0.2) is 12.9 Å². The molecule has 1 atom stereocenters. The molecule has 0 aromatic rings. The average Bonchev–Trinajstić information content (AvgIpc) is 2.51. The van der Waals surface area contributed by atoms with Crippen LogP contribution in [0.2, 0.25) is 0 Å². The zero-order valence-electron chi connectivity index (χ0n) is 15.5. The highest BCUT2D eigenvalue weighted by molar-refractivity contribution is 4.79. The Balaban J connectivity index is 4.56. The molecule has 0 aliphatic heterocycles. The molecule has 0 aromatic heterocycles. The highest BCUT2D eigenvalue weighted by Gasteiger charge is 2.32. The first-order chi connectivity index (χ1) is 9.96. The second-order valence-corrected chi connectivity index (χ2v) is 6.86. The molecule has 0 fully saturated rings. The van der Waals surface area contributed by atoms with Gasteiger partial charge in [-0.15, -0.1) is 0 Å². The third-order valence-electron chi connectivity index (χ3n) is 5.74. The summed E-state index contributed by atoms with van der Waals surface area (Å²) in [4.78, 5) is 0. The Bertz CT molecular complexity index is 242. The van der Waals surface area contributed by atoms with Gasteiger partial charge in [-0.1, -0.05) is 67.2 Å². The van der Waals surface area contributed by atoms with Gasteiger partial charge in [0.1, 0.15) is 0 Å². The minimum absolute atomic E-state index is 0.188. The first kappa shape index (κ1) is 20.9. The van der Waals surface area contributed by atoms with Crippen LogP contribution in [0.15, 0.2) is 0 Å². The Labute approximate surface area is 133 Å². The Kier molecular flexibility index (Phi) is 10.6. The zero-order valence-corrected chi connectivity index (χ0v) is 15.5. The van der Waals surface area contributed by atoms with Gasteiger partial charge in [0.05, 0.1) is 6.61 Å². The molecule has 0 amide bonds. The highest BCUT2D eigenvalue weighted by Crippen LogP contribution is 2.38. The van der Waals surface area contributed by atoms with Gasteiger partial charge in [-0.3, -0.25) is 0 Å². The van der Waals surface area contributed by atoms with Gasteiger partial charge in [-0.2, -0.15) is 0 Å². The summed E-state index contributed by atoms with van der Waals surface area (Å²) in [6.45, 7) is 13.9. The molecule has 0 saturated heterocycles. The van der Waals surface area contributed by atoms with Crippen molar-refractivity contribution in [2.75, 3.05) is 6.61 Å². The van der Waals surface area contributed by atoms with Gasteiger partial charge in [0.25, 0.3) is 0 Å². The molecule has 0 aliphatic rings. The number of ether oxygens (including phenoxy) is 1. The summed E-state index contributed by atoms with van der Waals surface area (Å²) in [5.41, 5.74) is 0.399. The normalized spacial score (nSPS) is 14.4. The van der Waals surface area contributed by atoms with E-state index in [-0.39, 0.29) is 10.8 Å². The van der Waals surface area contributed by atoms with Crippen molar-refractivity contribution in [1.82, 2.24) is 0 Å². The summed E-state index contributed by atoms with van der Waals surface area (Å²) in [7, 11) is 0. The van der Waals surface area contributed by atoms with Crippen molar-refractivity contribution in [2.24, 2.45) is 10.8 Å². The van der Waals surface area contributed by atoms with Crippen LogP contribution in [0, 0.1) is 10.8 Å². The van der Waals surface area contributed by atoms with Gasteiger partial charge >= 0.3 is 0 Å². The average molecular weight is 300 g/mol. The molecule has 1 radical (unpaired) electrons. The molecule has 0 heterocycles. The quantitative estimate of drug-likeness (QED) is 0.364. The van der Waals surface area contributed by atoms with Crippen LogP contribution in [0.25, 0.3) is 0 Å². The monoisotopic (exact) mass is 299 g/mol. The van der Waals surface area contributed by atoms with Gasteiger partial charge in [0, 0.05) is 6.42 Å². The first-order valence-corrected chi connectivity index (χ1v) is 9.24. The SMILES string of the molecule is CCCC(CC)(CC)COC([O])CC(CC)(CC)CCC. The summed E-state index contributed by atoms with van der Waals surface area (Å²) < 4.78 is 5.79. The largest absolute Gasteiger partial charge is 0.349 e. The van der Waals surface area contributed by atoms with Crippen LogP contribution < -0.4 is 0 Å². The summed E-state index contributed by atoms with van der Waals surface area (Å²) in [5, 5.41) is 12.4. The number of rotatable bonds is 13. The van der Waals surface area contributed by atoms with Crippen LogP contribution in [0.3, 0.4) is 0 Å². The molecule has 0 N–H and O–H groups in total. The molecule has 1 unspecified atom stereocenters. The zero-order chi connectivity index (χ0) is 16.4. The minimum atomic E-state index is -0.856. The Hall–Kier alpha value is -0.0800. The second-order valence-electron chi connectivity index (χ2n) is 6.86. The Morgan fingerprint density at radius 3 is 1.57 bits per heavy atom. The van der Waals surface area contributed by atoms with E-state index in [2.05, 4.69) is 41.5 Å². The van der Waals surface area contributed by atoms with Gasteiger partial charge in [0.15, 0.2) is 6.29 Å². The lowest BCUT2D eigenvalue weighted by molar-refractivity contribution is -0.181. The lowest BCUT2D eigenvalue weighted by Gasteiger charge is -2.35. The Morgan fingerprint density at radius 2 is 1.19 bits per heavy atom. The minimum Gasteiger partial charge on any atom is -0.349 e. The fraction of sp³-hybridized carbons (Fsp3) is 1.00. The van der Waals surface area contributed by atoms with E-state index in [1.807, 2.05) is 0 Å². The van der Waals surface area contributed by atoms with Crippen molar-refractivity contribution in [2.45, 2.75) is 106 Å². The van der Waals surface area contributed by atoms with Gasteiger partial charge < -0.3 is 4.74 Å². The standard InChI is InChI=1S/C19H39O2/c1-7-13-18(9-3,10-4)15-17(20)21-16-19(11-5,12-6)14-8-2/h17H,7-16H2,1-6H3. The van der Waals surface area contributed by atoms with E-state index in [1.165, 1.54) is 0 Å². The lowest BCUT2D eigenvalue weighted by atomic mass is 9.75. The van der Waals surface area contributed by atoms with Gasteiger partial charge in [-0.25, -0.2) is 5.11 Å². The van der Waals surface area contributed by atoms with Crippen LogP contribution >= 0.6 is 0 Å². The van der Waals surface area contributed by atoms with E-state index in [1.54, 1.807) is 0 Å². The van der Waals surface area contributed by atoms with E-state index < -0.39 is 6.29 Å². The van der Waals surface area contributed by atoms with E-state index in [0.717, 1.165) is 51.4 Å². The predicted molar refractivity (Wildman–Crippen MR) is 90.9 cm³/mol. The molecule has 2 nitrogen and oxygen atoms in total. The van der Waals surface area contributed by atoms with E-state index in [4.69, 9.17) is 4.74 Å². The lowest BCUT2D eigenvalue weighted by Crippen LogP contribution is -2.31. The summed E-state index contributed by atoms with van der Waals surface area (Å²) >= 11 is 0. The maximum atomic E-state index is 12.4. The molecule has 2 heteroatoms. The third kappa shape index (κ3) is 6.69. The van der Waals surface area contributed by atoms with Gasteiger partial charge in [-0.05, 0) is 36.5 Å². The molecule has 0 spiro atoms. The first-order valence-electron chi connectivity index (χ1n) is 9.24. The van der Waals surface area contributed by atoms with Crippen molar-refractivity contribution >= 4 is 0 Å². The highest BCUT2D eigenvalue weighted by atomic mass is 16.6. The molecule has 0 rings (SSSR count). The van der Waals surface area contributed by atoms with Crippen molar-refractivity contribution in [3.8, 4) is 0 Å². The van der Waals surface area contributed by atoms with Crippen molar-refractivity contribution in [3.05, 3.63) is 0 Å². The van der Waals surface area contributed by atoms with Crippen LogP contribution in [0.4, 0.5) is 0 Å². The number of hydrogen-bond acceptors (Lipinski definition) is 1. The predicted octanol–water partition coefficient (Wildman–Crippen LogP) is 6.36. The maximum Gasteiger partial charge on any atom is 0.191 e. The summed E-state index contributed by atoms with van der Waals surface area (Å²) in [6, 6.07) is 0. The molecule has 0 aliphatic carbocycles. The summed E-state index contributed by atoms with van der Waals surface area (Å²) in [6.07, 6.45) is 8.81. The molecule has 127 valence electrons. The Morgan fingerprint density at radius 1 is 0.762 bits per heavy atom. The van der Waals surface area contributed by atoms with E-state index >= 15 is 0 Å². The van der Waals surface area contributed by atoms with Crippen molar-refractivity contribution in [1.29, 1.82) is 0 Å². The third-order valence-corrected chi connectivity index (χ3v) is 5.74. The molecular formula is C19H39O2. The fourth-order valence-corrected chi connectivity index (χ4v) is 3.62. The molecule has 0 bridgehead atoms. The van der Waals surface area contributed by atoms with Gasteiger partial charge in [0.2, 0.25) is 0 Å². The number of hydrogen-bond donors (Lipinski definition) is 0. The van der Waals surface area contributed by atoms with Crippen molar-refractivity contribution in [3.63, 3.8) is 0 Å². The molecular weight excluding hydrogens is 260 g/mol. The van der Waals surface area contributed by atoms with Crippen LogP contribution in [0.1, 0.15) is 99.3 Å². The molecule has 21 heavy (non-hydrogen) atoms. The smallest absolute Gasteiger partial charge is 0.191 e. The van der Waals surface area contributed by atoms with Crippen LogP contribution in [-0.2, 0) is 9.84 Å². The topological polar surface area (TPSA) is 29.1 Å². The van der Waals surface area contributed by atoms with E-state index in [9.17, 15) is 5.11 Å². The second kappa shape index (κ2) is 10.6. The maximum absolute atomic E-state index is 12.4. The molecule has 0 aromatic carbocycles. The van der Waals surface area contributed by atoms with E-state index in [0.29, 0.717) is 13.0 Å². The van der Waals surface area contributed by atoms with Crippen LogP contribution in [0.5, 0.6) is 0 Å². The summed E-state index contributed by atoms with van der Waals surface area (Å²) in [5.74, 6) is 0. The van der Waals surface area contributed by atoms with Crippen molar-refractivity contribution < 1.29 is 9.84 Å². The molecule has 0 saturated carbocycles. The fourth-order valence-electron chi connectivity index (χ4n) is 3.62.